The number of rotatable bonds is 10. The molecule has 1 aliphatic heterocycles. The van der Waals surface area contributed by atoms with Crippen molar-refractivity contribution in [1.29, 1.82) is 5.26 Å². The lowest BCUT2D eigenvalue weighted by atomic mass is 9.83. The van der Waals surface area contributed by atoms with Gasteiger partial charge in [-0.15, -0.1) is 0 Å². The summed E-state index contributed by atoms with van der Waals surface area (Å²) >= 11 is 5.98. The van der Waals surface area contributed by atoms with E-state index in [9.17, 15) is 10.1 Å². The fraction of sp³-hybridized carbons (Fsp3) is 0.176. The van der Waals surface area contributed by atoms with Gasteiger partial charge in [0.2, 0.25) is 5.88 Å². The molecule has 0 saturated heterocycles. The second kappa shape index (κ2) is 13.2. The highest BCUT2D eigenvalue weighted by Crippen LogP contribution is 2.44. The molecule has 212 valence electrons. The molecule has 4 aromatic carbocycles. The summed E-state index contributed by atoms with van der Waals surface area (Å²) in [5.74, 6) is 0.992. The first-order chi connectivity index (χ1) is 20.4. The second-order valence-electron chi connectivity index (χ2n) is 9.73. The van der Waals surface area contributed by atoms with Crippen LogP contribution in [-0.4, -0.2) is 12.6 Å². The van der Waals surface area contributed by atoms with E-state index in [4.69, 9.17) is 36.3 Å². The number of hydrogen-bond donors (Lipinski definition) is 1. The highest BCUT2D eigenvalue weighted by atomic mass is 35.5. The number of halogens is 1. The summed E-state index contributed by atoms with van der Waals surface area (Å²) in [4.78, 5) is 12.8. The zero-order valence-electron chi connectivity index (χ0n) is 23.0. The van der Waals surface area contributed by atoms with Crippen molar-refractivity contribution < 1.29 is 23.7 Å². The number of esters is 1. The number of unbranched alkanes of at least 4 members (excludes halogenated alkanes) is 1. The Kier molecular flexibility index (Phi) is 8.96. The number of hydrogen-bond acceptors (Lipinski definition) is 7. The molecule has 7 nitrogen and oxygen atoms in total. The van der Waals surface area contributed by atoms with Crippen LogP contribution < -0.4 is 24.7 Å². The molecule has 1 heterocycles. The normalized spacial score (nSPS) is 13.9. The number of nitriles is 1. The lowest BCUT2D eigenvalue weighted by Crippen LogP contribution is -2.21. The van der Waals surface area contributed by atoms with Crippen LogP contribution in [0.4, 0.5) is 0 Å². The molecule has 0 radical (unpaired) electrons. The van der Waals surface area contributed by atoms with Gasteiger partial charge >= 0.3 is 5.97 Å². The van der Waals surface area contributed by atoms with Crippen LogP contribution in [0.3, 0.4) is 0 Å². The monoisotopic (exact) mass is 580 g/mol. The van der Waals surface area contributed by atoms with Crippen molar-refractivity contribution in [2.24, 2.45) is 5.73 Å². The number of nitrogens with zero attached hydrogens (tertiary/aromatic N) is 1. The maximum absolute atomic E-state index is 12.8. The van der Waals surface area contributed by atoms with Gasteiger partial charge in [-0.25, -0.2) is 4.79 Å². The lowest BCUT2D eigenvalue weighted by molar-refractivity contribution is 0.0734. The summed E-state index contributed by atoms with van der Waals surface area (Å²) < 4.78 is 23.1. The van der Waals surface area contributed by atoms with Gasteiger partial charge in [0.25, 0.3) is 0 Å². The molecule has 0 spiro atoms. The first-order valence-corrected chi connectivity index (χ1v) is 14.0. The predicted molar refractivity (Wildman–Crippen MR) is 160 cm³/mol. The third-order valence-electron chi connectivity index (χ3n) is 6.77. The van der Waals surface area contributed by atoms with Crippen LogP contribution in [-0.2, 0) is 6.61 Å². The predicted octanol–water partition coefficient (Wildman–Crippen LogP) is 7.54. The van der Waals surface area contributed by atoms with Gasteiger partial charge in [0.15, 0.2) is 0 Å². The van der Waals surface area contributed by atoms with E-state index in [2.05, 4.69) is 13.0 Å². The topological polar surface area (TPSA) is 104 Å². The van der Waals surface area contributed by atoms with E-state index < -0.39 is 11.9 Å². The quantitative estimate of drug-likeness (QED) is 0.117. The van der Waals surface area contributed by atoms with Gasteiger partial charge in [-0.3, -0.25) is 0 Å². The summed E-state index contributed by atoms with van der Waals surface area (Å²) in [5, 5.41) is 10.6. The molecule has 0 aliphatic carbocycles. The van der Waals surface area contributed by atoms with Gasteiger partial charge in [0.1, 0.15) is 41.2 Å². The fourth-order valence-electron chi connectivity index (χ4n) is 4.56. The van der Waals surface area contributed by atoms with Crippen LogP contribution in [0.25, 0.3) is 0 Å². The summed E-state index contributed by atoms with van der Waals surface area (Å²) in [5.41, 5.74) is 9.35. The van der Waals surface area contributed by atoms with Crippen LogP contribution >= 0.6 is 11.6 Å². The molecule has 4 aromatic rings. The van der Waals surface area contributed by atoms with Crippen LogP contribution in [0.5, 0.6) is 23.0 Å². The van der Waals surface area contributed by atoms with Crippen molar-refractivity contribution in [3.05, 3.63) is 130 Å². The summed E-state index contributed by atoms with van der Waals surface area (Å²) in [6.07, 6.45) is 2.00. The third-order valence-corrected chi connectivity index (χ3v) is 7.02. The minimum absolute atomic E-state index is 0.00961. The molecule has 8 heteroatoms. The van der Waals surface area contributed by atoms with Crippen molar-refractivity contribution in [2.45, 2.75) is 32.3 Å². The Bertz CT molecular complexity index is 1640. The number of benzene rings is 4. The van der Waals surface area contributed by atoms with Crippen molar-refractivity contribution in [1.82, 2.24) is 0 Å². The van der Waals surface area contributed by atoms with E-state index in [1.165, 1.54) is 0 Å². The Morgan fingerprint density at radius 2 is 1.71 bits per heavy atom. The smallest absolute Gasteiger partial charge is 0.343 e. The number of nitrogens with two attached hydrogens (primary N) is 1. The molecule has 1 aliphatic rings. The Labute approximate surface area is 249 Å². The van der Waals surface area contributed by atoms with Gasteiger partial charge in [0.05, 0.1) is 18.1 Å². The lowest BCUT2D eigenvalue weighted by Gasteiger charge is -2.27. The first kappa shape index (κ1) is 28.6. The Balaban J connectivity index is 1.34. The number of carbonyl (C=O) groups excluding carboxylic acids is 1. The molecule has 0 saturated carbocycles. The number of carbonyl (C=O) groups is 1. The Morgan fingerprint density at radius 1 is 0.952 bits per heavy atom. The van der Waals surface area contributed by atoms with Gasteiger partial charge < -0.3 is 24.7 Å². The van der Waals surface area contributed by atoms with E-state index >= 15 is 0 Å². The van der Waals surface area contributed by atoms with Gasteiger partial charge in [-0.1, -0.05) is 55.3 Å². The Morgan fingerprint density at radius 3 is 2.45 bits per heavy atom. The van der Waals surface area contributed by atoms with Gasteiger partial charge in [-0.05, 0) is 72.1 Å². The van der Waals surface area contributed by atoms with Crippen LogP contribution in [0.15, 0.2) is 102 Å². The standard InChI is InChI=1S/C34H29ClN2O5/c1-2-3-17-39-26-13-9-23(10-14-26)34(38)41-28-15-16-29-31(19-28)42-33(37)30(20-36)32(29)24-5-4-6-27(18-24)40-21-22-7-11-25(35)12-8-22/h4-16,18-19,32H,2-3,17,21,37H2,1H3. The molecular weight excluding hydrogens is 552 g/mol. The maximum atomic E-state index is 12.8. The van der Waals surface area contributed by atoms with E-state index in [-0.39, 0.29) is 17.2 Å². The third kappa shape index (κ3) is 6.68. The van der Waals surface area contributed by atoms with Gasteiger partial charge in [0, 0.05) is 16.7 Å². The Hall–Kier alpha value is -4.93. The average Bonchev–Trinajstić information content (AvgIpc) is 3.00. The molecule has 0 aromatic heterocycles. The minimum Gasteiger partial charge on any atom is -0.494 e. The van der Waals surface area contributed by atoms with Crippen molar-refractivity contribution in [2.75, 3.05) is 6.61 Å². The molecule has 1 unspecified atom stereocenters. The molecule has 1 atom stereocenters. The van der Waals surface area contributed by atoms with Crippen molar-refractivity contribution in [3.63, 3.8) is 0 Å². The zero-order chi connectivity index (χ0) is 29.5. The van der Waals surface area contributed by atoms with E-state index in [0.717, 1.165) is 24.0 Å². The second-order valence-corrected chi connectivity index (χ2v) is 10.2. The number of ether oxygens (including phenoxy) is 4. The maximum Gasteiger partial charge on any atom is 0.343 e. The molecular formula is C34H29ClN2O5. The van der Waals surface area contributed by atoms with Gasteiger partial charge in [-0.2, -0.15) is 5.26 Å². The van der Waals surface area contributed by atoms with Crippen LogP contribution in [0.1, 0.15) is 52.7 Å². The highest BCUT2D eigenvalue weighted by Gasteiger charge is 2.31. The number of fused-ring (bicyclic) bond motifs is 1. The van der Waals surface area contributed by atoms with Crippen molar-refractivity contribution in [3.8, 4) is 29.1 Å². The van der Waals surface area contributed by atoms with Crippen LogP contribution in [0.2, 0.25) is 5.02 Å². The molecule has 0 fully saturated rings. The molecule has 2 N–H and O–H groups in total. The summed E-state index contributed by atoms with van der Waals surface area (Å²) in [6, 6.07) is 29.0. The highest BCUT2D eigenvalue weighted by molar-refractivity contribution is 6.30. The number of allylic oxidation sites excluding steroid dienone is 1. The minimum atomic E-state index is -0.519. The molecule has 5 rings (SSSR count). The summed E-state index contributed by atoms with van der Waals surface area (Å²) in [7, 11) is 0. The van der Waals surface area contributed by atoms with Crippen LogP contribution in [0, 0.1) is 11.3 Å². The first-order valence-electron chi connectivity index (χ1n) is 13.6. The fourth-order valence-corrected chi connectivity index (χ4v) is 4.69. The average molecular weight is 581 g/mol. The SMILES string of the molecule is CCCCOc1ccc(C(=O)Oc2ccc3c(c2)OC(N)=C(C#N)C3c2cccc(OCc3ccc(Cl)cc3)c2)cc1. The van der Waals surface area contributed by atoms with E-state index in [0.29, 0.717) is 46.6 Å². The van der Waals surface area contributed by atoms with E-state index in [1.54, 1.807) is 42.5 Å². The van der Waals surface area contributed by atoms with Crippen molar-refractivity contribution >= 4 is 17.6 Å². The molecule has 42 heavy (non-hydrogen) atoms. The largest absolute Gasteiger partial charge is 0.494 e. The molecule has 0 amide bonds. The summed E-state index contributed by atoms with van der Waals surface area (Å²) in [6.45, 7) is 3.08. The zero-order valence-corrected chi connectivity index (χ0v) is 23.8. The molecule has 0 bridgehead atoms. The van der Waals surface area contributed by atoms with E-state index in [1.807, 2.05) is 48.5 Å².